The zero-order valence-electron chi connectivity index (χ0n) is 9.41. The van der Waals surface area contributed by atoms with Gasteiger partial charge in [0, 0.05) is 6.26 Å². The SMILES string of the molecule is CC[C@@](Cl)(C(=O)c1ccccc1F)S(C)(=O)=O. The predicted octanol–water partition coefficient (Wildman–Crippen LogP) is 2.40. The van der Waals surface area contributed by atoms with Crippen LogP contribution in [0.2, 0.25) is 0 Å². The standard InChI is InChI=1S/C11H12ClFO3S/c1-3-11(12,17(2,15)16)10(14)8-6-4-5-7-9(8)13/h4-7H,3H2,1-2H3/t11-/m0/s1. The van der Waals surface area contributed by atoms with Crippen LogP contribution in [0.3, 0.4) is 0 Å². The topological polar surface area (TPSA) is 51.2 Å². The maximum atomic E-state index is 13.4. The van der Waals surface area contributed by atoms with Crippen molar-refractivity contribution in [1.82, 2.24) is 0 Å². The lowest BCUT2D eigenvalue weighted by atomic mass is 10.1. The molecule has 0 saturated heterocycles. The van der Waals surface area contributed by atoms with Gasteiger partial charge in [-0.1, -0.05) is 30.7 Å². The predicted molar refractivity (Wildman–Crippen MR) is 64.4 cm³/mol. The van der Waals surface area contributed by atoms with Crippen LogP contribution in [0.5, 0.6) is 0 Å². The van der Waals surface area contributed by atoms with Gasteiger partial charge in [0.05, 0.1) is 5.56 Å². The Morgan fingerprint density at radius 2 is 1.94 bits per heavy atom. The lowest BCUT2D eigenvalue weighted by Crippen LogP contribution is -2.40. The molecule has 0 N–H and O–H groups in total. The van der Waals surface area contributed by atoms with Gasteiger partial charge < -0.3 is 0 Å². The third-order valence-corrected chi connectivity index (χ3v) is 5.43. The molecule has 0 aromatic heterocycles. The molecule has 94 valence electrons. The molecule has 0 heterocycles. The first kappa shape index (κ1) is 14.1. The molecule has 1 atom stereocenters. The van der Waals surface area contributed by atoms with Gasteiger partial charge in [0.25, 0.3) is 0 Å². The number of alkyl halides is 1. The first-order chi connectivity index (χ1) is 7.74. The monoisotopic (exact) mass is 278 g/mol. The second-order valence-corrected chi connectivity index (χ2v) is 6.77. The first-order valence-corrected chi connectivity index (χ1v) is 7.19. The fourth-order valence-electron chi connectivity index (χ4n) is 1.44. The van der Waals surface area contributed by atoms with E-state index in [1.54, 1.807) is 0 Å². The minimum atomic E-state index is -3.83. The van der Waals surface area contributed by atoms with Crippen molar-refractivity contribution in [2.45, 2.75) is 17.6 Å². The number of hydrogen-bond acceptors (Lipinski definition) is 3. The largest absolute Gasteiger partial charge is 0.291 e. The van der Waals surface area contributed by atoms with Crippen LogP contribution in [-0.4, -0.2) is 24.7 Å². The number of rotatable bonds is 4. The number of halogens is 2. The van der Waals surface area contributed by atoms with E-state index in [0.717, 1.165) is 12.3 Å². The maximum absolute atomic E-state index is 13.4. The van der Waals surface area contributed by atoms with Crippen molar-refractivity contribution in [3.63, 3.8) is 0 Å². The number of carbonyl (C=O) groups is 1. The van der Waals surface area contributed by atoms with Crippen LogP contribution in [0, 0.1) is 5.82 Å². The third-order valence-electron chi connectivity index (χ3n) is 2.50. The van der Waals surface area contributed by atoms with Gasteiger partial charge in [-0.2, -0.15) is 0 Å². The van der Waals surface area contributed by atoms with E-state index in [-0.39, 0.29) is 12.0 Å². The molecular weight excluding hydrogens is 267 g/mol. The van der Waals surface area contributed by atoms with Crippen LogP contribution in [0.1, 0.15) is 23.7 Å². The lowest BCUT2D eigenvalue weighted by Gasteiger charge is -2.22. The molecule has 0 aliphatic heterocycles. The second kappa shape index (κ2) is 4.74. The molecule has 0 aliphatic carbocycles. The number of ketones is 1. The molecule has 1 aromatic carbocycles. The van der Waals surface area contributed by atoms with Crippen molar-refractivity contribution in [2.24, 2.45) is 0 Å². The number of sulfone groups is 1. The molecular formula is C11H12ClFO3S. The van der Waals surface area contributed by atoms with Gasteiger partial charge in [-0.05, 0) is 18.6 Å². The highest BCUT2D eigenvalue weighted by atomic mass is 35.5. The molecule has 0 fully saturated rings. The Hall–Kier alpha value is -0.940. The van der Waals surface area contributed by atoms with Crippen LogP contribution >= 0.6 is 11.6 Å². The van der Waals surface area contributed by atoms with E-state index < -0.39 is 25.6 Å². The lowest BCUT2D eigenvalue weighted by molar-refractivity contribution is 0.0967. The average molecular weight is 279 g/mol. The van der Waals surface area contributed by atoms with Crippen molar-refractivity contribution in [2.75, 3.05) is 6.26 Å². The van der Waals surface area contributed by atoms with Gasteiger partial charge in [0.2, 0.25) is 9.99 Å². The van der Waals surface area contributed by atoms with Crippen LogP contribution in [0.15, 0.2) is 24.3 Å². The molecule has 0 bridgehead atoms. The number of benzene rings is 1. The molecule has 1 rings (SSSR count). The van der Waals surface area contributed by atoms with E-state index in [4.69, 9.17) is 11.6 Å². The zero-order valence-corrected chi connectivity index (χ0v) is 11.0. The number of Topliss-reactive ketones (excluding diaryl/α,β-unsaturated/α-hetero) is 1. The summed E-state index contributed by atoms with van der Waals surface area (Å²) in [4.78, 5) is 12.0. The van der Waals surface area contributed by atoms with E-state index in [1.165, 1.54) is 25.1 Å². The molecule has 0 unspecified atom stereocenters. The minimum Gasteiger partial charge on any atom is -0.291 e. The quantitative estimate of drug-likeness (QED) is 0.628. The Morgan fingerprint density at radius 1 is 1.41 bits per heavy atom. The Labute approximate surface area is 105 Å². The Morgan fingerprint density at radius 3 is 2.35 bits per heavy atom. The summed E-state index contributed by atoms with van der Waals surface area (Å²) in [6, 6.07) is 5.16. The normalized spacial score (nSPS) is 15.3. The Kier molecular flexibility index (Phi) is 3.94. The van der Waals surface area contributed by atoms with E-state index in [0.29, 0.717) is 0 Å². The Balaban J connectivity index is 3.35. The van der Waals surface area contributed by atoms with Crippen LogP contribution in [0.25, 0.3) is 0 Å². The highest BCUT2D eigenvalue weighted by Gasteiger charge is 2.45. The van der Waals surface area contributed by atoms with Crippen LogP contribution < -0.4 is 0 Å². The first-order valence-electron chi connectivity index (χ1n) is 4.92. The molecule has 0 aliphatic rings. The number of carbonyl (C=O) groups excluding carboxylic acids is 1. The van der Waals surface area contributed by atoms with Gasteiger partial charge in [0.15, 0.2) is 9.84 Å². The van der Waals surface area contributed by atoms with E-state index in [9.17, 15) is 17.6 Å². The number of hydrogen-bond donors (Lipinski definition) is 0. The van der Waals surface area contributed by atoms with Crippen LogP contribution in [0.4, 0.5) is 4.39 Å². The average Bonchev–Trinajstić information content (AvgIpc) is 2.26. The summed E-state index contributed by atoms with van der Waals surface area (Å²) in [5.41, 5.74) is -0.310. The zero-order chi connectivity index (χ0) is 13.3. The fraction of sp³-hybridized carbons (Fsp3) is 0.364. The highest BCUT2D eigenvalue weighted by Crippen LogP contribution is 2.31. The van der Waals surface area contributed by atoms with E-state index in [2.05, 4.69) is 0 Å². The summed E-state index contributed by atoms with van der Waals surface area (Å²) in [7, 11) is -3.83. The van der Waals surface area contributed by atoms with Gasteiger partial charge >= 0.3 is 0 Å². The van der Waals surface area contributed by atoms with E-state index >= 15 is 0 Å². The molecule has 3 nitrogen and oxygen atoms in total. The van der Waals surface area contributed by atoms with Crippen molar-refractivity contribution < 1.29 is 17.6 Å². The second-order valence-electron chi connectivity index (χ2n) is 3.66. The van der Waals surface area contributed by atoms with Crippen molar-refractivity contribution >= 4 is 27.2 Å². The van der Waals surface area contributed by atoms with Gasteiger partial charge in [0.1, 0.15) is 5.82 Å². The summed E-state index contributed by atoms with van der Waals surface area (Å²) >= 11 is 5.85. The molecule has 1 aromatic rings. The molecule has 0 amide bonds. The minimum absolute atomic E-state index is 0.124. The van der Waals surface area contributed by atoms with Gasteiger partial charge in [-0.3, -0.25) is 4.79 Å². The fourth-order valence-corrected chi connectivity index (χ4v) is 2.51. The van der Waals surface area contributed by atoms with Gasteiger partial charge in [-0.25, -0.2) is 12.8 Å². The molecule has 6 heteroatoms. The highest BCUT2D eigenvalue weighted by molar-refractivity contribution is 7.94. The molecule has 0 saturated carbocycles. The van der Waals surface area contributed by atoms with Gasteiger partial charge in [-0.15, -0.1) is 0 Å². The van der Waals surface area contributed by atoms with Crippen molar-refractivity contribution in [1.29, 1.82) is 0 Å². The summed E-state index contributed by atoms with van der Waals surface area (Å²) in [6.45, 7) is 1.47. The van der Waals surface area contributed by atoms with E-state index in [1.807, 2.05) is 0 Å². The summed E-state index contributed by atoms with van der Waals surface area (Å²) < 4.78 is 34.4. The summed E-state index contributed by atoms with van der Waals surface area (Å²) in [5, 5.41) is 0. The summed E-state index contributed by atoms with van der Waals surface area (Å²) in [6.07, 6.45) is 0.739. The van der Waals surface area contributed by atoms with Crippen LogP contribution in [-0.2, 0) is 9.84 Å². The third kappa shape index (κ3) is 2.50. The van der Waals surface area contributed by atoms with Crippen molar-refractivity contribution in [3.05, 3.63) is 35.6 Å². The smallest absolute Gasteiger partial charge is 0.207 e. The summed E-state index contributed by atoms with van der Waals surface area (Å²) in [5.74, 6) is -1.71. The van der Waals surface area contributed by atoms with Crippen molar-refractivity contribution in [3.8, 4) is 0 Å². The maximum Gasteiger partial charge on any atom is 0.207 e. The molecule has 0 radical (unpaired) electrons. The Bertz CT molecular complexity index is 541. The molecule has 0 spiro atoms. The molecule has 17 heavy (non-hydrogen) atoms.